The van der Waals surface area contributed by atoms with Crippen molar-refractivity contribution >= 4 is 0 Å². The zero-order valence-corrected chi connectivity index (χ0v) is 10.7. The van der Waals surface area contributed by atoms with E-state index in [1.165, 1.54) is 50.5 Å². The van der Waals surface area contributed by atoms with Gasteiger partial charge in [-0.3, -0.25) is 0 Å². The van der Waals surface area contributed by atoms with Crippen LogP contribution in [0.4, 0.5) is 0 Å². The lowest BCUT2D eigenvalue weighted by atomic mass is 9.79. The Bertz CT molecular complexity index is 245. The van der Waals surface area contributed by atoms with Crippen molar-refractivity contribution in [3.05, 3.63) is 23.3 Å². The maximum atomic E-state index is 4.11. The smallest absolute Gasteiger partial charge is 0.0168 e. The van der Waals surface area contributed by atoms with E-state index in [9.17, 15) is 0 Å². The Morgan fingerprint density at radius 3 is 2.73 bits per heavy atom. The van der Waals surface area contributed by atoms with Crippen molar-refractivity contribution in [3.8, 4) is 0 Å². The molecular weight excluding hydrogens is 180 g/mol. The Hall–Kier alpha value is -0.520. The molecule has 0 bridgehead atoms. The van der Waals surface area contributed by atoms with Gasteiger partial charge >= 0.3 is 0 Å². The molecule has 0 heteroatoms. The molecule has 0 aromatic carbocycles. The van der Waals surface area contributed by atoms with Crippen LogP contribution in [0.15, 0.2) is 23.3 Å². The van der Waals surface area contributed by atoms with Gasteiger partial charge in [-0.15, -0.1) is 0 Å². The minimum Gasteiger partial charge on any atom is -0.0998 e. The summed E-state index contributed by atoms with van der Waals surface area (Å²) in [5, 5.41) is 0. The molecule has 0 amide bonds. The van der Waals surface area contributed by atoms with Crippen LogP contribution in [0.25, 0.3) is 0 Å². The second-order valence-corrected chi connectivity index (χ2v) is 5.13. The molecule has 0 aromatic heterocycles. The third-order valence-electron chi connectivity index (χ3n) is 3.74. The van der Waals surface area contributed by atoms with Gasteiger partial charge in [0.15, 0.2) is 0 Å². The first kappa shape index (κ1) is 12.5. The van der Waals surface area contributed by atoms with Gasteiger partial charge in [0.05, 0.1) is 0 Å². The molecule has 0 fully saturated rings. The van der Waals surface area contributed by atoms with Gasteiger partial charge in [-0.2, -0.15) is 0 Å². The van der Waals surface area contributed by atoms with Crippen molar-refractivity contribution in [1.82, 2.24) is 0 Å². The van der Waals surface area contributed by atoms with Crippen molar-refractivity contribution in [1.29, 1.82) is 0 Å². The van der Waals surface area contributed by atoms with E-state index < -0.39 is 0 Å². The summed E-state index contributed by atoms with van der Waals surface area (Å²) in [6.07, 6.45) is 9.36. The van der Waals surface area contributed by atoms with Crippen molar-refractivity contribution < 1.29 is 0 Å². The third-order valence-corrected chi connectivity index (χ3v) is 3.74. The first-order chi connectivity index (χ1) is 7.15. The van der Waals surface area contributed by atoms with Crippen LogP contribution in [-0.2, 0) is 0 Å². The summed E-state index contributed by atoms with van der Waals surface area (Å²) in [5.74, 6) is 0.769. The van der Waals surface area contributed by atoms with Crippen LogP contribution in [0.1, 0.15) is 65.7 Å². The van der Waals surface area contributed by atoms with E-state index in [1.54, 1.807) is 11.1 Å². The highest BCUT2D eigenvalue weighted by molar-refractivity contribution is 5.19. The Labute approximate surface area is 95.5 Å². The highest BCUT2D eigenvalue weighted by Gasteiger charge is 2.18. The van der Waals surface area contributed by atoms with E-state index in [4.69, 9.17) is 0 Å². The van der Waals surface area contributed by atoms with E-state index in [-0.39, 0.29) is 0 Å². The lowest BCUT2D eigenvalue weighted by molar-refractivity contribution is 0.503. The highest BCUT2D eigenvalue weighted by atomic mass is 14.2. The molecule has 0 saturated carbocycles. The van der Waals surface area contributed by atoms with E-state index >= 15 is 0 Å². The number of unbranched alkanes of at least 4 members (excludes halogenated alkanes) is 2. The van der Waals surface area contributed by atoms with Gasteiger partial charge in [0.2, 0.25) is 0 Å². The van der Waals surface area contributed by atoms with E-state index in [2.05, 4.69) is 27.4 Å². The van der Waals surface area contributed by atoms with E-state index in [0.29, 0.717) is 0 Å². The van der Waals surface area contributed by atoms with Crippen LogP contribution in [0.2, 0.25) is 0 Å². The Balaban J connectivity index is 2.49. The van der Waals surface area contributed by atoms with Crippen LogP contribution >= 0.6 is 0 Å². The zero-order valence-electron chi connectivity index (χ0n) is 10.7. The fourth-order valence-electron chi connectivity index (χ4n) is 2.47. The Kier molecular flexibility index (Phi) is 5.14. The van der Waals surface area contributed by atoms with Gasteiger partial charge in [0.25, 0.3) is 0 Å². The minimum absolute atomic E-state index is 0.769. The Morgan fingerprint density at radius 2 is 2.13 bits per heavy atom. The molecule has 1 unspecified atom stereocenters. The predicted octanol–water partition coefficient (Wildman–Crippen LogP) is 5.26. The molecule has 1 atom stereocenters. The summed E-state index contributed by atoms with van der Waals surface area (Å²) < 4.78 is 0. The topological polar surface area (TPSA) is 0 Å². The average molecular weight is 206 g/mol. The standard InChI is InChI=1S/C15H26/c1-5-6-7-8-15-11-14(12(2)3)10-9-13(15)4/h14H,2,5-11H2,1,3-4H3. The van der Waals surface area contributed by atoms with Gasteiger partial charge in [-0.25, -0.2) is 0 Å². The number of hydrogen-bond acceptors (Lipinski definition) is 0. The van der Waals surface area contributed by atoms with Gasteiger partial charge in [0, 0.05) is 0 Å². The molecule has 0 radical (unpaired) electrons. The molecule has 1 aliphatic carbocycles. The zero-order chi connectivity index (χ0) is 11.3. The first-order valence-corrected chi connectivity index (χ1v) is 6.48. The maximum absolute atomic E-state index is 4.11. The van der Waals surface area contributed by atoms with Crippen LogP contribution < -0.4 is 0 Å². The predicted molar refractivity (Wildman–Crippen MR) is 69.0 cm³/mol. The summed E-state index contributed by atoms with van der Waals surface area (Å²) in [6.45, 7) is 10.9. The lowest BCUT2D eigenvalue weighted by Crippen LogP contribution is -2.10. The lowest BCUT2D eigenvalue weighted by Gasteiger charge is -2.26. The molecule has 1 rings (SSSR count). The fourth-order valence-corrected chi connectivity index (χ4v) is 2.47. The molecule has 0 spiro atoms. The number of allylic oxidation sites excluding steroid dienone is 3. The number of rotatable bonds is 5. The average Bonchev–Trinajstić information content (AvgIpc) is 2.20. The maximum Gasteiger partial charge on any atom is -0.0168 e. The molecule has 15 heavy (non-hydrogen) atoms. The normalized spacial score (nSPS) is 21.9. The van der Waals surface area contributed by atoms with Gasteiger partial charge in [-0.1, -0.05) is 43.1 Å². The summed E-state index contributed by atoms with van der Waals surface area (Å²) >= 11 is 0. The SMILES string of the molecule is C=C(C)C1CCC(C)=C(CCCCC)C1. The molecule has 0 N–H and O–H groups in total. The molecule has 0 aliphatic heterocycles. The third kappa shape index (κ3) is 3.85. The summed E-state index contributed by atoms with van der Waals surface area (Å²) in [5.41, 5.74) is 4.79. The minimum atomic E-state index is 0.769. The van der Waals surface area contributed by atoms with Crippen LogP contribution in [0, 0.1) is 5.92 Å². The van der Waals surface area contributed by atoms with Crippen molar-refractivity contribution in [2.24, 2.45) is 5.92 Å². The molecular formula is C15H26. The van der Waals surface area contributed by atoms with Crippen LogP contribution in [0.5, 0.6) is 0 Å². The monoisotopic (exact) mass is 206 g/mol. The van der Waals surface area contributed by atoms with Crippen molar-refractivity contribution in [2.75, 3.05) is 0 Å². The first-order valence-electron chi connectivity index (χ1n) is 6.48. The van der Waals surface area contributed by atoms with E-state index in [1.807, 2.05) is 0 Å². The summed E-state index contributed by atoms with van der Waals surface area (Å²) in [4.78, 5) is 0. The van der Waals surface area contributed by atoms with Gasteiger partial charge in [-0.05, 0) is 51.9 Å². The second-order valence-electron chi connectivity index (χ2n) is 5.13. The second kappa shape index (κ2) is 6.15. The molecule has 86 valence electrons. The quantitative estimate of drug-likeness (QED) is 0.425. The molecule has 1 aliphatic rings. The van der Waals surface area contributed by atoms with Gasteiger partial charge < -0.3 is 0 Å². The van der Waals surface area contributed by atoms with Gasteiger partial charge in [0.1, 0.15) is 0 Å². The molecule has 0 nitrogen and oxygen atoms in total. The van der Waals surface area contributed by atoms with Crippen molar-refractivity contribution in [3.63, 3.8) is 0 Å². The Morgan fingerprint density at radius 1 is 1.40 bits per heavy atom. The summed E-state index contributed by atoms with van der Waals surface area (Å²) in [6, 6.07) is 0. The van der Waals surface area contributed by atoms with Crippen LogP contribution in [0.3, 0.4) is 0 Å². The van der Waals surface area contributed by atoms with E-state index in [0.717, 1.165) is 5.92 Å². The molecule has 0 aromatic rings. The number of hydrogen-bond donors (Lipinski definition) is 0. The fraction of sp³-hybridized carbons (Fsp3) is 0.733. The van der Waals surface area contributed by atoms with Crippen molar-refractivity contribution in [2.45, 2.75) is 65.7 Å². The largest absolute Gasteiger partial charge is 0.0998 e. The van der Waals surface area contributed by atoms with Crippen LogP contribution in [-0.4, -0.2) is 0 Å². The molecule has 0 saturated heterocycles. The highest BCUT2D eigenvalue weighted by Crippen LogP contribution is 2.35. The summed E-state index contributed by atoms with van der Waals surface area (Å²) in [7, 11) is 0. The molecule has 0 heterocycles.